The lowest BCUT2D eigenvalue weighted by atomic mass is 10.2. The van der Waals surface area contributed by atoms with Gasteiger partial charge in [0.05, 0.1) is 11.7 Å². The molecule has 0 unspecified atom stereocenters. The fraction of sp³-hybridized carbons (Fsp3) is 0.364. The Morgan fingerprint density at radius 2 is 2.08 bits per heavy atom. The molecule has 0 radical (unpaired) electrons. The molecule has 2 aromatic rings. The van der Waals surface area contributed by atoms with Crippen LogP contribution in [0.3, 0.4) is 0 Å². The monoisotopic (exact) mass is 178 g/mol. The molecule has 0 aliphatic heterocycles. The molecule has 0 aliphatic rings. The quantitative estimate of drug-likeness (QED) is 0.656. The second-order valence-corrected chi connectivity index (χ2v) is 3.17. The molecule has 72 valence electrons. The first kappa shape index (κ1) is 9.78. The van der Waals surface area contributed by atoms with Crippen molar-refractivity contribution in [1.29, 1.82) is 0 Å². The molecule has 2 nitrogen and oxygen atoms in total. The number of H-pyrrole nitrogens is 1. The Morgan fingerprint density at radius 1 is 1.38 bits per heavy atom. The standard InChI is InChI=1S/C8H8N2.C3H8.H2/c1-6-2-3-7-5-9-10-8(7)4-6;1-3-2;/h2-5H,1H3,(H,9,10);3H2,1-2H3;1H. The highest BCUT2D eigenvalue weighted by Gasteiger charge is 1.92. The summed E-state index contributed by atoms with van der Waals surface area (Å²) in [6, 6.07) is 6.23. The molecule has 0 amide bonds. The third-order valence-corrected chi connectivity index (χ3v) is 1.60. The van der Waals surface area contributed by atoms with Gasteiger partial charge in [-0.25, -0.2) is 0 Å². The maximum absolute atomic E-state index is 3.92. The maximum Gasteiger partial charge on any atom is 0.0652 e. The summed E-state index contributed by atoms with van der Waals surface area (Å²) < 4.78 is 0. The van der Waals surface area contributed by atoms with Crippen LogP contribution in [0.15, 0.2) is 24.4 Å². The zero-order valence-corrected chi connectivity index (χ0v) is 8.46. The van der Waals surface area contributed by atoms with Crippen LogP contribution in [0.4, 0.5) is 0 Å². The molecule has 0 spiro atoms. The lowest BCUT2D eigenvalue weighted by molar-refractivity contribution is 1.09. The minimum Gasteiger partial charge on any atom is -0.278 e. The third kappa shape index (κ3) is 2.58. The number of nitrogens with zero attached hydrogens (tertiary/aromatic N) is 1. The van der Waals surface area contributed by atoms with E-state index in [9.17, 15) is 0 Å². The molecule has 1 aromatic carbocycles. The first-order valence-corrected chi connectivity index (χ1v) is 4.67. The first-order chi connectivity index (χ1) is 6.27. The minimum atomic E-state index is 0. The molecule has 0 aliphatic carbocycles. The van der Waals surface area contributed by atoms with Gasteiger partial charge in [-0.3, -0.25) is 5.10 Å². The van der Waals surface area contributed by atoms with Crippen molar-refractivity contribution >= 4 is 10.9 Å². The Balaban J connectivity index is 0.000000381. The maximum atomic E-state index is 3.92. The summed E-state index contributed by atoms with van der Waals surface area (Å²) >= 11 is 0. The SMILES string of the molecule is CCC.Cc1ccc2cn[nH]c2c1.[HH]. The number of fused-ring (bicyclic) bond motifs is 1. The number of rotatable bonds is 0. The molecule has 0 atom stereocenters. The number of hydrogen-bond donors (Lipinski definition) is 1. The fourth-order valence-corrected chi connectivity index (χ4v) is 1.05. The predicted molar refractivity (Wildman–Crippen MR) is 58.9 cm³/mol. The van der Waals surface area contributed by atoms with Gasteiger partial charge in [-0.15, -0.1) is 0 Å². The van der Waals surface area contributed by atoms with E-state index in [-0.39, 0.29) is 1.43 Å². The van der Waals surface area contributed by atoms with Gasteiger partial charge in [-0.05, 0) is 18.6 Å². The Labute approximate surface area is 80.5 Å². The van der Waals surface area contributed by atoms with Crippen molar-refractivity contribution in [3.05, 3.63) is 30.0 Å². The van der Waals surface area contributed by atoms with Gasteiger partial charge in [0, 0.05) is 6.81 Å². The molecule has 0 saturated carbocycles. The molecule has 2 heteroatoms. The fourth-order valence-electron chi connectivity index (χ4n) is 1.05. The minimum absolute atomic E-state index is 0. The zero-order chi connectivity index (χ0) is 9.68. The van der Waals surface area contributed by atoms with E-state index < -0.39 is 0 Å². The summed E-state index contributed by atoms with van der Waals surface area (Å²) in [5, 5.41) is 8.00. The van der Waals surface area contributed by atoms with Crippen molar-refractivity contribution in [2.45, 2.75) is 27.2 Å². The number of aromatic nitrogens is 2. The Kier molecular flexibility index (Phi) is 3.50. The molecule has 0 fully saturated rings. The average Bonchev–Trinajstić information content (AvgIpc) is 2.52. The molecule has 1 heterocycles. The van der Waals surface area contributed by atoms with E-state index >= 15 is 0 Å². The van der Waals surface area contributed by atoms with Crippen LogP contribution in [0.5, 0.6) is 0 Å². The average molecular weight is 178 g/mol. The van der Waals surface area contributed by atoms with E-state index in [2.05, 4.69) is 49.2 Å². The van der Waals surface area contributed by atoms with Crippen LogP contribution < -0.4 is 0 Å². The van der Waals surface area contributed by atoms with Crippen molar-refractivity contribution in [2.75, 3.05) is 0 Å². The highest BCUT2D eigenvalue weighted by Crippen LogP contribution is 2.10. The molecule has 0 saturated heterocycles. The van der Waals surface area contributed by atoms with Crippen molar-refractivity contribution < 1.29 is 1.43 Å². The van der Waals surface area contributed by atoms with Crippen molar-refractivity contribution in [2.24, 2.45) is 0 Å². The highest BCUT2D eigenvalue weighted by atomic mass is 15.1. The van der Waals surface area contributed by atoms with Gasteiger partial charge in [0.15, 0.2) is 0 Å². The first-order valence-electron chi connectivity index (χ1n) is 4.67. The molecular formula is C11H18N2. The number of aromatic amines is 1. The molecule has 0 bridgehead atoms. The van der Waals surface area contributed by atoms with E-state index in [0.29, 0.717) is 0 Å². The van der Waals surface area contributed by atoms with Crippen LogP contribution >= 0.6 is 0 Å². The van der Waals surface area contributed by atoms with Gasteiger partial charge in [-0.2, -0.15) is 5.10 Å². The molecule has 13 heavy (non-hydrogen) atoms. The Bertz CT molecular complexity index is 368. The Morgan fingerprint density at radius 3 is 2.77 bits per heavy atom. The van der Waals surface area contributed by atoms with Crippen molar-refractivity contribution in [3.8, 4) is 0 Å². The second kappa shape index (κ2) is 4.65. The highest BCUT2D eigenvalue weighted by molar-refractivity contribution is 5.78. The van der Waals surface area contributed by atoms with Crippen LogP contribution in [0.1, 0.15) is 27.3 Å². The smallest absolute Gasteiger partial charge is 0.0652 e. The van der Waals surface area contributed by atoms with E-state index in [1.54, 1.807) is 0 Å². The largest absolute Gasteiger partial charge is 0.278 e. The number of hydrogen-bond acceptors (Lipinski definition) is 1. The molecule has 1 N–H and O–H groups in total. The summed E-state index contributed by atoms with van der Waals surface area (Å²) in [5.74, 6) is 0. The number of nitrogens with one attached hydrogen (secondary N) is 1. The van der Waals surface area contributed by atoms with E-state index in [1.807, 2.05) is 6.20 Å². The van der Waals surface area contributed by atoms with Crippen molar-refractivity contribution in [3.63, 3.8) is 0 Å². The van der Waals surface area contributed by atoms with Crippen LogP contribution in [0.25, 0.3) is 10.9 Å². The van der Waals surface area contributed by atoms with E-state index in [0.717, 1.165) is 5.52 Å². The van der Waals surface area contributed by atoms with E-state index in [4.69, 9.17) is 0 Å². The van der Waals surface area contributed by atoms with E-state index in [1.165, 1.54) is 17.4 Å². The van der Waals surface area contributed by atoms with Gasteiger partial charge in [0.1, 0.15) is 0 Å². The van der Waals surface area contributed by atoms with Crippen LogP contribution in [0.2, 0.25) is 0 Å². The molecule has 1 aromatic heterocycles. The normalized spacial score (nSPS) is 9.46. The summed E-state index contributed by atoms with van der Waals surface area (Å²) in [4.78, 5) is 0. The van der Waals surface area contributed by atoms with Gasteiger partial charge in [0.25, 0.3) is 0 Å². The zero-order valence-electron chi connectivity index (χ0n) is 8.46. The molecule has 2 rings (SSSR count). The lowest BCUT2D eigenvalue weighted by Crippen LogP contribution is -1.70. The summed E-state index contributed by atoms with van der Waals surface area (Å²) in [7, 11) is 0. The van der Waals surface area contributed by atoms with Gasteiger partial charge in [-0.1, -0.05) is 32.4 Å². The second-order valence-electron chi connectivity index (χ2n) is 3.17. The van der Waals surface area contributed by atoms with Gasteiger partial charge < -0.3 is 0 Å². The predicted octanol–water partition coefficient (Wildman–Crippen LogP) is 3.53. The summed E-state index contributed by atoms with van der Waals surface area (Å²) in [6.07, 6.45) is 3.08. The van der Waals surface area contributed by atoms with Gasteiger partial charge >= 0.3 is 0 Å². The van der Waals surface area contributed by atoms with Crippen molar-refractivity contribution in [1.82, 2.24) is 10.2 Å². The van der Waals surface area contributed by atoms with Crippen LogP contribution in [-0.2, 0) is 0 Å². The topological polar surface area (TPSA) is 28.7 Å². The van der Waals surface area contributed by atoms with Crippen LogP contribution in [-0.4, -0.2) is 10.2 Å². The summed E-state index contributed by atoms with van der Waals surface area (Å²) in [6.45, 7) is 6.32. The number of aryl methyl sites for hydroxylation is 1. The lowest BCUT2D eigenvalue weighted by Gasteiger charge is -1.89. The Hall–Kier alpha value is -1.31. The summed E-state index contributed by atoms with van der Waals surface area (Å²) in [5.41, 5.74) is 2.37. The third-order valence-electron chi connectivity index (χ3n) is 1.60. The van der Waals surface area contributed by atoms with Crippen LogP contribution in [0, 0.1) is 6.92 Å². The van der Waals surface area contributed by atoms with Gasteiger partial charge in [0.2, 0.25) is 0 Å². The molecular weight excluding hydrogens is 160 g/mol. The number of benzene rings is 1.